The highest BCUT2D eigenvalue weighted by Gasteiger charge is 2.33. The maximum atomic E-state index is 15.1. The van der Waals surface area contributed by atoms with Crippen LogP contribution >= 0.6 is 14.3 Å². The van der Waals surface area contributed by atoms with Crippen LogP contribution in [0, 0.1) is 0 Å². The summed E-state index contributed by atoms with van der Waals surface area (Å²) in [4.78, 5) is 3.54. The summed E-state index contributed by atoms with van der Waals surface area (Å²) in [6.45, 7) is 0. The summed E-state index contributed by atoms with van der Waals surface area (Å²) < 4.78 is 30.2. The minimum atomic E-state index is -3.08. The van der Waals surface area contributed by atoms with Crippen LogP contribution in [0.5, 0.6) is 0 Å². The van der Waals surface area contributed by atoms with Gasteiger partial charge in [0.2, 0.25) is 0 Å². The first kappa shape index (κ1) is 26.0. The first-order valence-electron chi connectivity index (χ1n) is 14.2. The zero-order chi connectivity index (χ0) is 27.9. The Balaban J connectivity index is 1.45. The summed E-state index contributed by atoms with van der Waals surface area (Å²) in [6, 6.07) is 32.0. The van der Waals surface area contributed by atoms with E-state index < -0.39 is 14.3 Å². The predicted molar refractivity (Wildman–Crippen MR) is 175 cm³/mol. The van der Waals surface area contributed by atoms with Crippen LogP contribution in [0.3, 0.4) is 0 Å². The van der Waals surface area contributed by atoms with Crippen molar-refractivity contribution < 1.29 is 9.13 Å². The van der Waals surface area contributed by atoms with Crippen LogP contribution in [-0.2, 0) is 9.13 Å². The van der Waals surface area contributed by atoms with Crippen molar-refractivity contribution in [3.8, 4) is 0 Å². The largest absolute Gasteiger partial charge is 0.355 e. The van der Waals surface area contributed by atoms with E-state index in [1.54, 1.807) is 0 Å². The van der Waals surface area contributed by atoms with Gasteiger partial charge in [0.25, 0.3) is 0 Å². The van der Waals surface area contributed by atoms with Gasteiger partial charge in [-0.1, -0.05) is 97.1 Å². The molecule has 0 saturated heterocycles. The molecule has 2 aliphatic rings. The standard InChI is InChI=1S/C36H31NO2P2/c38-40(27-13-5-1-6-14-27,28-15-7-2-8-16-28)31-21-23-35-33(25-31)34-26-32(22-24-36(34)37-35)41(39,29-17-9-3-10-18-29)30-19-11-4-12-20-30/h1-3,5-7,9-11,13-15,17-26,37H,4,8,12,16H2. The molecule has 202 valence electrons. The highest BCUT2D eigenvalue weighted by molar-refractivity contribution is 7.83. The average Bonchev–Trinajstić information content (AvgIpc) is 3.43. The van der Waals surface area contributed by atoms with E-state index in [9.17, 15) is 0 Å². The van der Waals surface area contributed by atoms with E-state index in [0.717, 1.165) is 79.3 Å². The molecule has 0 fully saturated rings. The molecule has 4 aromatic carbocycles. The van der Waals surface area contributed by atoms with Gasteiger partial charge in [-0.15, -0.1) is 0 Å². The highest BCUT2D eigenvalue weighted by Crippen LogP contribution is 2.55. The SMILES string of the molecule is O=P(C1=CCCC=C1)(c1ccccc1)c1ccc2[nH]c3ccc(P(=O)(C4=CC=CCC4)c4ccccc4)cc3c2c1. The molecule has 0 amide bonds. The van der Waals surface area contributed by atoms with E-state index in [4.69, 9.17) is 0 Å². The van der Waals surface area contributed by atoms with Crippen molar-refractivity contribution in [2.75, 3.05) is 0 Å². The number of aromatic amines is 1. The molecule has 2 aliphatic carbocycles. The topological polar surface area (TPSA) is 49.9 Å². The zero-order valence-corrected chi connectivity index (χ0v) is 24.5. The second-order valence-electron chi connectivity index (χ2n) is 10.7. The molecule has 7 rings (SSSR count). The van der Waals surface area contributed by atoms with Gasteiger partial charge in [-0.3, -0.25) is 0 Å². The van der Waals surface area contributed by atoms with Gasteiger partial charge in [0.05, 0.1) is 0 Å². The van der Waals surface area contributed by atoms with Crippen molar-refractivity contribution in [2.45, 2.75) is 25.7 Å². The Morgan fingerprint density at radius 2 is 1.20 bits per heavy atom. The third kappa shape index (κ3) is 4.36. The molecule has 41 heavy (non-hydrogen) atoms. The molecule has 0 spiro atoms. The summed E-state index contributed by atoms with van der Waals surface area (Å²) in [5, 5.41) is 7.19. The molecule has 0 radical (unpaired) electrons. The first-order chi connectivity index (χ1) is 20.1. The van der Waals surface area contributed by atoms with E-state index in [-0.39, 0.29) is 0 Å². The fraction of sp³-hybridized carbons (Fsp3) is 0.111. The van der Waals surface area contributed by atoms with Gasteiger partial charge >= 0.3 is 0 Å². The minimum Gasteiger partial charge on any atom is -0.355 e. The van der Waals surface area contributed by atoms with Gasteiger partial charge in [-0.2, -0.15) is 0 Å². The Morgan fingerprint density at radius 1 is 0.585 bits per heavy atom. The number of hydrogen-bond donors (Lipinski definition) is 1. The molecule has 2 atom stereocenters. The van der Waals surface area contributed by atoms with E-state index in [0.29, 0.717) is 0 Å². The van der Waals surface area contributed by atoms with Crippen molar-refractivity contribution in [3.63, 3.8) is 0 Å². The van der Waals surface area contributed by atoms with Crippen LogP contribution in [0.2, 0.25) is 0 Å². The van der Waals surface area contributed by atoms with Crippen molar-refractivity contribution in [1.82, 2.24) is 4.98 Å². The van der Waals surface area contributed by atoms with Gasteiger partial charge in [0.15, 0.2) is 14.3 Å². The molecule has 0 aliphatic heterocycles. The molecule has 1 heterocycles. The fourth-order valence-corrected chi connectivity index (χ4v) is 11.8. The second-order valence-corrected chi connectivity index (χ2v) is 16.3. The van der Waals surface area contributed by atoms with E-state index in [1.807, 2.05) is 103 Å². The zero-order valence-electron chi connectivity index (χ0n) is 22.7. The number of nitrogens with one attached hydrogen (secondary N) is 1. The van der Waals surface area contributed by atoms with E-state index >= 15 is 9.13 Å². The van der Waals surface area contributed by atoms with Crippen LogP contribution < -0.4 is 21.2 Å². The van der Waals surface area contributed by atoms with E-state index in [2.05, 4.69) is 35.3 Å². The van der Waals surface area contributed by atoms with Gasteiger partial charge < -0.3 is 14.1 Å². The van der Waals surface area contributed by atoms with E-state index in [1.165, 1.54) is 0 Å². The Labute approximate surface area is 240 Å². The summed E-state index contributed by atoms with van der Waals surface area (Å²) in [5.74, 6) is 0. The Kier molecular flexibility index (Phi) is 6.66. The number of benzene rings is 4. The predicted octanol–water partition coefficient (Wildman–Crippen LogP) is 8.42. The summed E-state index contributed by atoms with van der Waals surface area (Å²) in [5.41, 5.74) is 1.95. The molecular weight excluding hydrogens is 540 g/mol. The quantitative estimate of drug-likeness (QED) is 0.208. The van der Waals surface area contributed by atoms with Crippen molar-refractivity contribution in [1.29, 1.82) is 0 Å². The molecule has 5 aromatic rings. The maximum absolute atomic E-state index is 15.1. The summed E-state index contributed by atoms with van der Waals surface area (Å²) in [7, 11) is -6.13. The van der Waals surface area contributed by atoms with Crippen LogP contribution in [0.1, 0.15) is 25.7 Å². The number of fused-ring (bicyclic) bond motifs is 3. The van der Waals surface area contributed by atoms with Gasteiger partial charge in [-0.05, 0) is 67.4 Å². The number of H-pyrrole nitrogens is 1. The molecule has 1 aromatic heterocycles. The number of hydrogen-bond acceptors (Lipinski definition) is 2. The first-order valence-corrected chi connectivity index (χ1v) is 17.6. The van der Waals surface area contributed by atoms with Crippen molar-refractivity contribution in [2.24, 2.45) is 0 Å². The Bertz CT molecular complexity index is 2000. The summed E-state index contributed by atoms with van der Waals surface area (Å²) in [6.07, 6.45) is 16.0. The van der Waals surface area contributed by atoms with Crippen molar-refractivity contribution in [3.05, 3.63) is 144 Å². The van der Waals surface area contributed by atoms with Crippen LogP contribution in [0.4, 0.5) is 0 Å². The minimum absolute atomic E-state index is 0.779. The average molecular weight is 572 g/mol. The molecule has 5 heteroatoms. The Hall–Kier alpha value is -3.90. The molecule has 3 nitrogen and oxygen atoms in total. The highest BCUT2D eigenvalue weighted by atomic mass is 31.2. The lowest BCUT2D eigenvalue weighted by atomic mass is 10.1. The molecule has 0 bridgehead atoms. The second kappa shape index (κ2) is 10.5. The van der Waals surface area contributed by atoms with Crippen LogP contribution in [-0.4, -0.2) is 4.98 Å². The maximum Gasteiger partial charge on any atom is 0.170 e. The van der Waals surface area contributed by atoms with Crippen LogP contribution in [0.25, 0.3) is 21.8 Å². The fourth-order valence-electron chi connectivity index (χ4n) is 6.15. The third-order valence-corrected chi connectivity index (χ3v) is 14.6. The molecule has 2 unspecified atom stereocenters. The Morgan fingerprint density at radius 3 is 1.76 bits per heavy atom. The lowest BCUT2D eigenvalue weighted by molar-refractivity contribution is 0.589. The third-order valence-electron chi connectivity index (χ3n) is 8.27. The normalized spacial score (nSPS) is 18.0. The smallest absolute Gasteiger partial charge is 0.170 e. The molecular formula is C36H31NO2P2. The molecule has 1 N–H and O–H groups in total. The molecule has 0 saturated carbocycles. The lowest BCUT2D eigenvalue weighted by Crippen LogP contribution is -2.18. The number of aromatic nitrogens is 1. The number of rotatable bonds is 6. The number of allylic oxidation sites excluding steroid dienone is 8. The lowest BCUT2D eigenvalue weighted by Gasteiger charge is -2.24. The van der Waals surface area contributed by atoms with Gasteiger partial charge in [0.1, 0.15) is 0 Å². The van der Waals surface area contributed by atoms with Gasteiger partial charge in [-0.25, -0.2) is 0 Å². The summed E-state index contributed by atoms with van der Waals surface area (Å²) >= 11 is 0. The van der Waals surface area contributed by atoms with Crippen molar-refractivity contribution >= 4 is 57.3 Å². The monoisotopic (exact) mass is 571 g/mol. The van der Waals surface area contributed by atoms with Gasteiger partial charge in [0, 0.05) is 48.3 Å². The van der Waals surface area contributed by atoms with Crippen LogP contribution in [0.15, 0.2) is 144 Å².